The lowest BCUT2D eigenvalue weighted by atomic mass is 10.0. The molecule has 1 atom stereocenters. The minimum absolute atomic E-state index is 0.00506. The van der Waals surface area contributed by atoms with Crippen molar-refractivity contribution in [2.75, 3.05) is 18.6 Å². The summed E-state index contributed by atoms with van der Waals surface area (Å²) in [4.78, 5) is 0. The van der Waals surface area contributed by atoms with Crippen molar-refractivity contribution in [3.8, 4) is 5.75 Å². The third-order valence-electron chi connectivity index (χ3n) is 2.74. The van der Waals surface area contributed by atoms with Crippen molar-refractivity contribution in [3.05, 3.63) is 28.8 Å². The standard InChI is InChI=1S/C13H20ClNO3S/c1-3-12(15)9-10-8-11(14)4-5-13(10)18-6-7-19(2,16)17/h4-5,8,12H,3,6-7,9,15H2,1-2H3. The van der Waals surface area contributed by atoms with Crippen molar-refractivity contribution in [2.45, 2.75) is 25.8 Å². The average Bonchev–Trinajstić information content (AvgIpc) is 2.30. The fourth-order valence-corrected chi connectivity index (χ4v) is 2.16. The van der Waals surface area contributed by atoms with Crippen LogP contribution in [0.5, 0.6) is 5.75 Å². The van der Waals surface area contributed by atoms with E-state index in [9.17, 15) is 8.42 Å². The maximum Gasteiger partial charge on any atom is 0.150 e. The lowest BCUT2D eigenvalue weighted by molar-refractivity contribution is 0.336. The van der Waals surface area contributed by atoms with Gasteiger partial charge in [0.25, 0.3) is 0 Å². The summed E-state index contributed by atoms with van der Waals surface area (Å²) in [5.41, 5.74) is 6.84. The van der Waals surface area contributed by atoms with Crippen LogP contribution in [0.3, 0.4) is 0 Å². The van der Waals surface area contributed by atoms with Crippen molar-refractivity contribution in [1.29, 1.82) is 0 Å². The first-order chi connectivity index (χ1) is 8.81. The van der Waals surface area contributed by atoms with Gasteiger partial charge in [-0.15, -0.1) is 0 Å². The molecule has 6 heteroatoms. The molecule has 2 N–H and O–H groups in total. The van der Waals surface area contributed by atoms with E-state index >= 15 is 0 Å². The molecular formula is C13H20ClNO3S. The molecule has 0 saturated carbocycles. The summed E-state index contributed by atoms with van der Waals surface area (Å²) in [6, 6.07) is 5.32. The Morgan fingerprint density at radius 1 is 1.42 bits per heavy atom. The summed E-state index contributed by atoms with van der Waals surface area (Å²) in [7, 11) is -3.02. The third kappa shape index (κ3) is 6.27. The molecule has 0 aliphatic carbocycles. The summed E-state index contributed by atoms with van der Waals surface area (Å²) in [5, 5.41) is 0.619. The maximum absolute atomic E-state index is 11.1. The highest BCUT2D eigenvalue weighted by atomic mass is 35.5. The van der Waals surface area contributed by atoms with Gasteiger partial charge in [-0.05, 0) is 36.6 Å². The highest BCUT2D eigenvalue weighted by Crippen LogP contribution is 2.24. The number of nitrogens with two attached hydrogens (primary N) is 1. The zero-order chi connectivity index (χ0) is 14.5. The van der Waals surface area contributed by atoms with E-state index in [1.165, 1.54) is 6.26 Å². The number of hydrogen-bond donors (Lipinski definition) is 1. The Kier molecular flexibility index (Phi) is 6.10. The lowest BCUT2D eigenvalue weighted by Gasteiger charge is -2.14. The molecule has 1 aromatic rings. The molecule has 0 aliphatic rings. The Morgan fingerprint density at radius 3 is 2.68 bits per heavy atom. The Labute approximate surface area is 119 Å². The number of sulfone groups is 1. The van der Waals surface area contributed by atoms with Gasteiger partial charge in [0.15, 0.2) is 9.84 Å². The van der Waals surface area contributed by atoms with Gasteiger partial charge >= 0.3 is 0 Å². The van der Waals surface area contributed by atoms with Crippen molar-refractivity contribution >= 4 is 21.4 Å². The van der Waals surface area contributed by atoms with Crippen molar-refractivity contribution in [1.82, 2.24) is 0 Å². The quantitative estimate of drug-likeness (QED) is 0.837. The van der Waals surface area contributed by atoms with Crippen LogP contribution in [-0.2, 0) is 16.3 Å². The third-order valence-corrected chi connectivity index (χ3v) is 3.88. The van der Waals surface area contributed by atoms with E-state index < -0.39 is 9.84 Å². The summed E-state index contributed by atoms with van der Waals surface area (Å²) in [6.07, 6.45) is 2.70. The summed E-state index contributed by atoms with van der Waals surface area (Å²) >= 11 is 5.96. The number of halogens is 1. The monoisotopic (exact) mass is 305 g/mol. The first kappa shape index (κ1) is 16.3. The van der Waals surface area contributed by atoms with E-state index in [1.807, 2.05) is 13.0 Å². The Hall–Kier alpha value is -0.780. The molecule has 0 radical (unpaired) electrons. The Bertz CT molecular complexity index is 517. The van der Waals surface area contributed by atoms with Gasteiger partial charge in [-0.1, -0.05) is 18.5 Å². The van der Waals surface area contributed by atoms with Crippen LogP contribution in [0.15, 0.2) is 18.2 Å². The van der Waals surface area contributed by atoms with E-state index in [0.29, 0.717) is 17.2 Å². The number of ether oxygens (including phenoxy) is 1. The predicted octanol–water partition coefficient (Wildman–Crippen LogP) is 2.04. The SMILES string of the molecule is CCC(N)Cc1cc(Cl)ccc1OCCS(C)(=O)=O. The minimum atomic E-state index is -3.02. The molecule has 0 heterocycles. The van der Waals surface area contributed by atoms with Gasteiger partial charge in [0.05, 0.1) is 5.75 Å². The van der Waals surface area contributed by atoms with Crippen LogP contribution in [0, 0.1) is 0 Å². The van der Waals surface area contributed by atoms with E-state index in [-0.39, 0.29) is 18.4 Å². The van der Waals surface area contributed by atoms with E-state index in [0.717, 1.165) is 12.0 Å². The lowest BCUT2D eigenvalue weighted by Crippen LogP contribution is -2.22. The zero-order valence-corrected chi connectivity index (χ0v) is 12.8. The smallest absolute Gasteiger partial charge is 0.150 e. The first-order valence-corrected chi connectivity index (χ1v) is 8.60. The first-order valence-electron chi connectivity index (χ1n) is 6.16. The van der Waals surface area contributed by atoms with Gasteiger partial charge in [-0.2, -0.15) is 0 Å². The molecule has 0 fully saturated rings. The topological polar surface area (TPSA) is 69.4 Å². The van der Waals surface area contributed by atoms with E-state index in [1.54, 1.807) is 12.1 Å². The van der Waals surface area contributed by atoms with Gasteiger partial charge < -0.3 is 10.5 Å². The number of rotatable bonds is 7. The van der Waals surface area contributed by atoms with Crippen molar-refractivity contribution < 1.29 is 13.2 Å². The molecule has 0 amide bonds. The molecule has 1 unspecified atom stereocenters. The highest BCUT2D eigenvalue weighted by molar-refractivity contribution is 7.90. The number of benzene rings is 1. The van der Waals surface area contributed by atoms with Gasteiger partial charge in [0.2, 0.25) is 0 Å². The van der Waals surface area contributed by atoms with Gasteiger partial charge in [-0.25, -0.2) is 8.42 Å². The largest absolute Gasteiger partial charge is 0.492 e. The summed E-state index contributed by atoms with van der Waals surface area (Å²) < 4.78 is 27.6. The van der Waals surface area contributed by atoms with Crippen molar-refractivity contribution in [2.24, 2.45) is 5.73 Å². The van der Waals surface area contributed by atoms with Gasteiger partial charge in [0.1, 0.15) is 12.4 Å². The number of hydrogen-bond acceptors (Lipinski definition) is 4. The molecule has 0 spiro atoms. The predicted molar refractivity (Wildman–Crippen MR) is 78.6 cm³/mol. The maximum atomic E-state index is 11.1. The molecule has 108 valence electrons. The highest BCUT2D eigenvalue weighted by Gasteiger charge is 2.10. The molecule has 19 heavy (non-hydrogen) atoms. The second kappa shape index (κ2) is 7.12. The van der Waals surface area contributed by atoms with E-state index in [4.69, 9.17) is 22.1 Å². The Balaban J connectivity index is 2.76. The normalized spacial score (nSPS) is 13.3. The van der Waals surface area contributed by atoms with Gasteiger partial charge in [0, 0.05) is 17.3 Å². The van der Waals surface area contributed by atoms with Crippen LogP contribution in [0.25, 0.3) is 0 Å². The molecule has 0 aromatic heterocycles. The molecular weight excluding hydrogens is 286 g/mol. The van der Waals surface area contributed by atoms with E-state index in [2.05, 4.69) is 0 Å². The van der Waals surface area contributed by atoms with Crippen LogP contribution >= 0.6 is 11.6 Å². The molecule has 0 aliphatic heterocycles. The second-order valence-corrected chi connectivity index (χ2v) is 7.30. The molecule has 1 rings (SSSR count). The molecule has 4 nitrogen and oxygen atoms in total. The molecule has 0 bridgehead atoms. The molecule has 1 aromatic carbocycles. The van der Waals surface area contributed by atoms with Crippen LogP contribution in [0.4, 0.5) is 0 Å². The van der Waals surface area contributed by atoms with Crippen LogP contribution in [-0.4, -0.2) is 33.1 Å². The second-order valence-electron chi connectivity index (χ2n) is 4.60. The van der Waals surface area contributed by atoms with Crippen LogP contribution in [0.2, 0.25) is 5.02 Å². The van der Waals surface area contributed by atoms with Gasteiger partial charge in [-0.3, -0.25) is 0 Å². The van der Waals surface area contributed by atoms with Crippen LogP contribution in [0.1, 0.15) is 18.9 Å². The zero-order valence-electron chi connectivity index (χ0n) is 11.2. The minimum Gasteiger partial charge on any atom is -0.492 e. The fourth-order valence-electron chi connectivity index (χ4n) is 1.58. The van der Waals surface area contributed by atoms with Crippen molar-refractivity contribution in [3.63, 3.8) is 0 Å². The summed E-state index contributed by atoms with van der Waals surface area (Å²) in [5.74, 6) is 0.645. The Morgan fingerprint density at radius 2 is 2.11 bits per heavy atom. The van der Waals surface area contributed by atoms with Crippen LogP contribution < -0.4 is 10.5 Å². The average molecular weight is 306 g/mol. The fraction of sp³-hybridized carbons (Fsp3) is 0.538. The summed E-state index contributed by atoms with van der Waals surface area (Å²) in [6.45, 7) is 2.15. The molecule has 0 saturated heterocycles.